The Morgan fingerprint density at radius 2 is 1.95 bits per heavy atom. The second-order valence-electron chi connectivity index (χ2n) is 4.61. The third kappa shape index (κ3) is 2.21. The van der Waals surface area contributed by atoms with Gasteiger partial charge in [0.05, 0.1) is 5.02 Å². The summed E-state index contributed by atoms with van der Waals surface area (Å²) in [7, 11) is 0. The summed E-state index contributed by atoms with van der Waals surface area (Å²) in [6.07, 6.45) is 0. The lowest BCUT2D eigenvalue weighted by molar-refractivity contribution is 0.101. The van der Waals surface area contributed by atoms with Crippen LogP contribution in [0.3, 0.4) is 0 Å². The Morgan fingerprint density at radius 3 is 2.75 bits per heavy atom. The largest absolute Gasteiger partial charge is 0.453 e. The van der Waals surface area contributed by atoms with E-state index < -0.39 is 11.6 Å². The van der Waals surface area contributed by atoms with Crippen LogP contribution in [0.4, 0.5) is 4.39 Å². The molecular formula is C16H10ClFO2. The summed E-state index contributed by atoms with van der Waals surface area (Å²) < 4.78 is 18.7. The molecule has 2 aromatic carbocycles. The van der Waals surface area contributed by atoms with E-state index in [-0.39, 0.29) is 16.3 Å². The fraction of sp³-hybridized carbons (Fsp3) is 0.0625. The zero-order valence-electron chi connectivity index (χ0n) is 10.6. The highest BCUT2D eigenvalue weighted by atomic mass is 35.5. The first-order chi connectivity index (χ1) is 9.54. The molecule has 0 atom stereocenters. The molecule has 4 heteroatoms. The molecule has 0 aliphatic rings. The van der Waals surface area contributed by atoms with Gasteiger partial charge >= 0.3 is 0 Å². The SMILES string of the molecule is Cc1ccc2oc(C(=O)c3cc(F)ccc3Cl)cc2c1. The average molecular weight is 289 g/mol. The van der Waals surface area contributed by atoms with Crippen LogP contribution < -0.4 is 0 Å². The number of fused-ring (bicyclic) bond motifs is 1. The minimum absolute atomic E-state index is 0.0995. The summed E-state index contributed by atoms with van der Waals surface area (Å²) in [6, 6.07) is 10.9. The number of ketones is 1. The molecular weight excluding hydrogens is 279 g/mol. The second-order valence-corrected chi connectivity index (χ2v) is 5.01. The molecule has 0 amide bonds. The maximum Gasteiger partial charge on any atom is 0.229 e. The van der Waals surface area contributed by atoms with Gasteiger partial charge in [0.1, 0.15) is 11.4 Å². The van der Waals surface area contributed by atoms with Gasteiger partial charge in [-0.3, -0.25) is 4.79 Å². The molecule has 0 spiro atoms. The number of furan rings is 1. The standard InChI is InChI=1S/C16H10ClFO2/c1-9-2-5-14-10(6-9)7-15(20-14)16(19)12-8-11(18)3-4-13(12)17/h2-8H,1H3. The number of carbonyl (C=O) groups excluding carboxylic acids is 1. The molecule has 100 valence electrons. The van der Waals surface area contributed by atoms with Crippen LogP contribution in [-0.4, -0.2) is 5.78 Å². The summed E-state index contributed by atoms with van der Waals surface area (Å²) in [5.41, 5.74) is 1.79. The summed E-state index contributed by atoms with van der Waals surface area (Å²) in [5, 5.41) is 1.04. The van der Waals surface area contributed by atoms with Crippen LogP contribution in [0.5, 0.6) is 0 Å². The summed E-state index contributed by atoms with van der Waals surface area (Å²) in [6.45, 7) is 1.96. The van der Waals surface area contributed by atoms with Gasteiger partial charge in [-0.15, -0.1) is 0 Å². The van der Waals surface area contributed by atoms with Crippen molar-refractivity contribution in [1.29, 1.82) is 0 Å². The number of hydrogen-bond acceptors (Lipinski definition) is 2. The highest BCUT2D eigenvalue weighted by Crippen LogP contribution is 2.25. The van der Waals surface area contributed by atoms with E-state index in [1.165, 1.54) is 12.1 Å². The van der Waals surface area contributed by atoms with E-state index in [2.05, 4.69) is 0 Å². The van der Waals surface area contributed by atoms with Gasteiger partial charge in [0.15, 0.2) is 5.76 Å². The van der Waals surface area contributed by atoms with Crippen LogP contribution in [0.15, 0.2) is 46.9 Å². The maximum atomic E-state index is 13.2. The molecule has 0 bridgehead atoms. The highest BCUT2D eigenvalue weighted by molar-refractivity contribution is 6.34. The first kappa shape index (κ1) is 12.9. The van der Waals surface area contributed by atoms with Gasteiger partial charge in [0.25, 0.3) is 0 Å². The van der Waals surface area contributed by atoms with Crippen molar-refractivity contribution in [2.45, 2.75) is 6.92 Å². The van der Waals surface area contributed by atoms with Crippen molar-refractivity contribution in [2.24, 2.45) is 0 Å². The van der Waals surface area contributed by atoms with Crippen LogP contribution in [0, 0.1) is 12.7 Å². The number of benzene rings is 2. The Balaban J connectivity index is 2.10. The smallest absolute Gasteiger partial charge is 0.229 e. The second kappa shape index (κ2) is 4.76. The summed E-state index contributed by atoms with van der Waals surface area (Å²) in [5.74, 6) is -0.786. The summed E-state index contributed by atoms with van der Waals surface area (Å²) >= 11 is 5.94. The normalized spacial score (nSPS) is 10.9. The minimum atomic E-state index is -0.510. The Kier molecular flexibility index (Phi) is 3.07. The lowest BCUT2D eigenvalue weighted by Crippen LogP contribution is -2.01. The molecule has 1 aromatic heterocycles. The van der Waals surface area contributed by atoms with Gasteiger partial charge < -0.3 is 4.42 Å². The number of carbonyl (C=O) groups is 1. The number of rotatable bonds is 2. The van der Waals surface area contributed by atoms with Crippen LogP contribution in [0.1, 0.15) is 21.7 Å². The van der Waals surface area contributed by atoms with Crippen molar-refractivity contribution in [1.82, 2.24) is 0 Å². The Bertz CT molecular complexity index is 820. The molecule has 0 saturated carbocycles. The predicted molar refractivity (Wildman–Crippen MR) is 75.8 cm³/mol. The zero-order chi connectivity index (χ0) is 14.3. The molecule has 0 fully saturated rings. The van der Waals surface area contributed by atoms with E-state index in [4.69, 9.17) is 16.0 Å². The molecule has 3 aromatic rings. The van der Waals surface area contributed by atoms with Gasteiger partial charge in [0.2, 0.25) is 5.78 Å². The van der Waals surface area contributed by atoms with Crippen LogP contribution in [0.2, 0.25) is 5.02 Å². The molecule has 3 rings (SSSR count). The van der Waals surface area contributed by atoms with Crippen molar-refractivity contribution >= 4 is 28.4 Å². The number of aryl methyl sites for hydroxylation is 1. The summed E-state index contributed by atoms with van der Waals surface area (Å²) in [4.78, 5) is 12.3. The van der Waals surface area contributed by atoms with Crippen molar-refractivity contribution in [2.75, 3.05) is 0 Å². The predicted octanol–water partition coefficient (Wildman–Crippen LogP) is 4.76. The van der Waals surface area contributed by atoms with Crippen LogP contribution in [0.25, 0.3) is 11.0 Å². The van der Waals surface area contributed by atoms with Crippen molar-refractivity contribution in [3.8, 4) is 0 Å². The molecule has 20 heavy (non-hydrogen) atoms. The third-order valence-corrected chi connectivity index (χ3v) is 3.40. The van der Waals surface area contributed by atoms with Gasteiger partial charge in [-0.05, 0) is 43.3 Å². The zero-order valence-corrected chi connectivity index (χ0v) is 11.4. The van der Waals surface area contributed by atoms with E-state index in [1.54, 1.807) is 12.1 Å². The molecule has 1 heterocycles. The average Bonchev–Trinajstić information content (AvgIpc) is 2.83. The molecule has 0 unspecified atom stereocenters. The van der Waals surface area contributed by atoms with Gasteiger partial charge in [-0.1, -0.05) is 23.2 Å². The quantitative estimate of drug-likeness (QED) is 0.636. The molecule has 2 nitrogen and oxygen atoms in total. The monoisotopic (exact) mass is 288 g/mol. The van der Waals surface area contributed by atoms with Crippen LogP contribution >= 0.6 is 11.6 Å². The van der Waals surface area contributed by atoms with E-state index in [0.717, 1.165) is 17.0 Å². The van der Waals surface area contributed by atoms with Gasteiger partial charge in [-0.25, -0.2) is 4.39 Å². The molecule has 0 saturated heterocycles. The van der Waals surface area contributed by atoms with E-state index in [0.29, 0.717) is 5.58 Å². The Hall–Kier alpha value is -2.13. The van der Waals surface area contributed by atoms with Gasteiger partial charge in [-0.2, -0.15) is 0 Å². The fourth-order valence-electron chi connectivity index (χ4n) is 2.08. The Labute approximate surface area is 119 Å². The molecule has 0 radical (unpaired) electrons. The molecule has 0 N–H and O–H groups in total. The van der Waals surface area contributed by atoms with E-state index >= 15 is 0 Å². The first-order valence-corrected chi connectivity index (χ1v) is 6.42. The lowest BCUT2D eigenvalue weighted by Gasteiger charge is -2.00. The Morgan fingerprint density at radius 1 is 1.15 bits per heavy atom. The maximum absolute atomic E-state index is 13.2. The topological polar surface area (TPSA) is 30.2 Å². The number of halogens is 2. The highest BCUT2D eigenvalue weighted by Gasteiger charge is 2.18. The van der Waals surface area contributed by atoms with Crippen molar-refractivity contribution < 1.29 is 13.6 Å². The van der Waals surface area contributed by atoms with E-state index in [1.807, 2.05) is 19.1 Å². The van der Waals surface area contributed by atoms with Crippen molar-refractivity contribution in [3.63, 3.8) is 0 Å². The minimum Gasteiger partial charge on any atom is -0.453 e. The first-order valence-electron chi connectivity index (χ1n) is 6.04. The third-order valence-electron chi connectivity index (χ3n) is 3.07. The molecule has 0 aliphatic carbocycles. The van der Waals surface area contributed by atoms with Crippen LogP contribution in [-0.2, 0) is 0 Å². The van der Waals surface area contributed by atoms with E-state index in [9.17, 15) is 9.18 Å². The van der Waals surface area contributed by atoms with Gasteiger partial charge in [0, 0.05) is 10.9 Å². The lowest BCUT2D eigenvalue weighted by atomic mass is 10.1. The number of hydrogen-bond donors (Lipinski definition) is 0. The van der Waals surface area contributed by atoms with Crippen molar-refractivity contribution in [3.05, 3.63) is 70.2 Å². The molecule has 0 aliphatic heterocycles. The fourth-order valence-corrected chi connectivity index (χ4v) is 2.28.